The molecule has 6 rings (SSSR count). The molecule has 1 saturated heterocycles. The Morgan fingerprint density at radius 2 is 1.91 bits per heavy atom. The predicted octanol–water partition coefficient (Wildman–Crippen LogP) is 4.63. The highest BCUT2D eigenvalue weighted by atomic mass is 16.6. The molecule has 0 unspecified atom stereocenters. The van der Waals surface area contributed by atoms with Gasteiger partial charge in [-0.15, -0.1) is 0 Å². The molecule has 5 heteroatoms. The van der Waals surface area contributed by atoms with Crippen molar-refractivity contribution in [1.82, 2.24) is 0 Å². The number of esters is 2. The number of carbonyl (C=O) groups is 3. The third-order valence-electron chi connectivity index (χ3n) is 10.8. The third-order valence-corrected chi connectivity index (χ3v) is 10.8. The average molecular weight is 441 g/mol. The first kappa shape index (κ1) is 20.9. The molecule has 0 amide bonds. The maximum atomic E-state index is 13.5. The van der Waals surface area contributed by atoms with Crippen LogP contribution >= 0.6 is 0 Å². The van der Waals surface area contributed by atoms with Crippen molar-refractivity contribution in [2.45, 2.75) is 90.8 Å². The maximum absolute atomic E-state index is 13.5. The first-order chi connectivity index (χ1) is 15.1. The summed E-state index contributed by atoms with van der Waals surface area (Å²) in [6, 6.07) is 0. The van der Waals surface area contributed by atoms with E-state index in [4.69, 9.17) is 9.47 Å². The van der Waals surface area contributed by atoms with Crippen LogP contribution in [-0.4, -0.2) is 29.4 Å². The van der Waals surface area contributed by atoms with Crippen molar-refractivity contribution >= 4 is 17.7 Å². The molecule has 5 aliphatic carbocycles. The lowest BCUT2D eigenvalue weighted by Gasteiger charge is -2.61. The predicted molar refractivity (Wildman–Crippen MR) is 117 cm³/mol. The van der Waals surface area contributed by atoms with Gasteiger partial charge in [0.05, 0.1) is 12.0 Å². The van der Waals surface area contributed by atoms with Gasteiger partial charge in [-0.1, -0.05) is 19.4 Å². The fraction of sp³-hybridized carbons (Fsp3) is 0.815. The van der Waals surface area contributed by atoms with Crippen LogP contribution in [0.5, 0.6) is 0 Å². The van der Waals surface area contributed by atoms with Crippen molar-refractivity contribution in [3.8, 4) is 0 Å². The Kier molecular flexibility index (Phi) is 4.23. The minimum absolute atomic E-state index is 0.0129. The second-order valence-corrected chi connectivity index (χ2v) is 12.4. The lowest BCUT2D eigenvalue weighted by molar-refractivity contribution is -0.187. The van der Waals surface area contributed by atoms with E-state index in [1.54, 1.807) is 0 Å². The minimum Gasteiger partial charge on any atom is -0.463 e. The Bertz CT molecular complexity index is 934. The number of ether oxygens (including phenoxy) is 2. The summed E-state index contributed by atoms with van der Waals surface area (Å²) in [5.74, 6) is 1.88. The van der Waals surface area contributed by atoms with Crippen LogP contribution in [0.1, 0.15) is 79.1 Å². The van der Waals surface area contributed by atoms with E-state index in [9.17, 15) is 14.4 Å². The Hall–Kier alpha value is -1.65. The highest BCUT2D eigenvalue weighted by Gasteiger charge is 2.80. The Labute approximate surface area is 190 Å². The number of hydrogen-bond acceptors (Lipinski definition) is 5. The molecule has 174 valence electrons. The molecule has 0 N–H and O–H groups in total. The van der Waals surface area contributed by atoms with E-state index in [0.29, 0.717) is 42.9 Å². The molecule has 1 heterocycles. The topological polar surface area (TPSA) is 69.7 Å². The van der Waals surface area contributed by atoms with Crippen LogP contribution < -0.4 is 0 Å². The molecule has 0 radical (unpaired) electrons. The van der Waals surface area contributed by atoms with Crippen LogP contribution in [0, 0.1) is 46.3 Å². The van der Waals surface area contributed by atoms with Crippen LogP contribution in [0.2, 0.25) is 0 Å². The summed E-state index contributed by atoms with van der Waals surface area (Å²) in [7, 11) is 0. The Morgan fingerprint density at radius 1 is 1.12 bits per heavy atom. The summed E-state index contributed by atoms with van der Waals surface area (Å²) in [6.07, 6.45) is 8.43. The van der Waals surface area contributed by atoms with Crippen molar-refractivity contribution in [1.29, 1.82) is 0 Å². The number of hydrogen-bond donors (Lipinski definition) is 0. The van der Waals surface area contributed by atoms with E-state index < -0.39 is 0 Å². The molecule has 0 bridgehead atoms. The van der Waals surface area contributed by atoms with Gasteiger partial charge >= 0.3 is 11.9 Å². The molecule has 5 nitrogen and oxygen atoms in total. The zero-order chi connectivity index (χ0) is 22.6. The van der Waals surface area contributed by atoms with Crippen molar-refractivity contribution in [2.24, 2.45) is 46.3 Å². The van der Waals surface area contributed by atoms with Crippen molar-refractivity contribution in [2.75, 3.05) is 0 Å². The van der Waals surface area contributed by atoms with Crippen molar-refractivity contribution < 1.29 is 23.9 Å². The van der Waals surface area contributed by atoms with E-state index in [-0.39, 0.29) is 52.1 Å². The fourth-order valence-corrected chi connectivity index (χ4v) is 9.47. The van der Waals surface area contributed by atoms with Crippen LogP contribution in [-0.2, 0) is 23.9 Å². The molecular formula is C27H36O5. The smallest absolute Gasteiger partial charge is 0.309 e. The maximum Gasteiger partial charge on any atom is 0.309 e. The van der Waals surface area contributed by atoms with E-state index >= 15 is 0 Å². The summed E-state index contributed by atoms with van der Waals surface area (Å²) >= 11 is 0. The van der Waals surface area contributed by atoms with E-state index in [0.717, 1.165) is 32.1 Å². The quantitative estimate of drug-likeness (QED) is 0.586. The van der Waals surface area contributed by atoms with Gasteiger partial charge in [0, 0.05) is 24.2 Å². The lowest BCUT2D eigenvalue weighted by atomic mass is 9.43. The van der Waals surface area contributed by atoms with Gasteiger partial charge in [0.2, 0.25) is 0 Å². The Balaban J connectivity index is 1.45. The van der Waals surface area contributed by atoms with Gasteiger partial charge in [0.1, 0.15) is 5.60 Å². The molecule has 0 aromatic heterocycles. The molecule has 32 heavy (non-hydrogen) atoms. The van der Waals surface area contributed by atoms with Gasteiger partial charge < -0.3 is 9.47 Å². The number of fused-ring (bicyclic) bond motifs is 9. The second-order valence-electron chi connectivity index (χ2n) is 12.4. The van der Waals surface area contributed by atoms with Crippen molar-refractivity contribution in [3.63, 3.8) is 0 Å². The second kappa shape index (κ2) is 6.48. The summed E-state index contributed by atoms with van der Waals surface area (Å²) in [4.78, 5) is 38.1. The molecule has 5 fully saturated rings. The molecule has 1 spiro atoms. The summed E-state index contributed by atoms with van der Waals surface area (Å²) in [5, 5.41) is 0. The monoisotopic (exact) mass is 440 g/mol. The average Bonchev–Trinajstić information content (AvgIpc) is 3.36. The van der Waals surface area contributed by atoms with Crippen LogP contribution in [0.4, 0.5) is 0 Å². The molecule has 0 aromatic carbocycles. The molecule has 9 atom stereocenters. The van der Waals surface area contributed by atoms with Crippen LogP contribution in [0.15, 0.2) is 11.6 Å². The van der Waals surface area contributed by atoms with Crippen LogP contribution in [0.25, 0.3) is 0 Å². The minimum atomic E-state index is -0.323. The van der Waals surface area contributed by atoms with E-state index in [1.165, 1.54) is 5.57 Å². The van der Waals surface area contributed by atoms with Gasteiger partial charge in [0.25, 0.3) is 0 Å². The van der Waals surface area contributed by atoms with E-state index in [1.807, 2.05) is 19.9 Å². The number of ketones is 1. The van der Waals surface area contributed by atoms with Gasteiger partial charge in [-0.2, -0.15) is 0 Å². The standard InChI is InChI=1S/C27H36O5/c1-14(2)31-24(30)18-12-15-11-16(28)5-8-25(15,3)19-6-9-26(4)23(22(18)19)17-13-20(17)27(26)10-7-21(29)32-27/h11,14,17-20,22-23H,5-10,12-13H2,1-4H3/t17-,18-,19+,20+,22-,23+,25+,26+,27-/m1/s1. The SMILES string of the molecule is CC(C)OC(=O)[C@@H]1CC2=CC(=O)CC[C@]2(C)[C@H]2CC[C@@]3(C)[C@@H]([C@@H]4C[C@@H]4[C@]34CCC(=O)O4)[C@H]12. The number of rotatable bonds is 2. The molecule has 6 aliphatic rings. The van der Waals surface area contributed by atoms with Gasteiger partial charge in [-0.05, 0) is 87.5 Å². The first-order valence-corrected chi connectivity index (χ1v) is 12.8. The van der Waals surface area contributed by atoms with Crippen molar-refractivity contribution in [3.05, 3.63) is 11.6 Å². The Morgan fingerprint density at radius 3 is 2.59 bits per heavy atom. The molecule has 1 aliphatic heterocycles. The lowest BCUT2D eigenvalue weighted by Crippen LogP contribution is -2.59. The van der Waals surface area contributed by atoms with Gasteiger partial charge in [0.15, 0.2) is 5.78 Å². The first-order valence-electron chi connectivity index (χ1n) is 12.8. The number of carbonyl (C=O) groups excluding carboxylic acids is 3. The normalized spacial score (nSPS) is 50.8. The summed E-state index contributed by atoms with van der Waals surface area (Å²) in [6.45, 7) is 8.54. The third kappa shape index (κ3) is 2.49. The highest BCUT2D eigenvalue weighted by molar-refractivity contribution is 5.92. The van der Waals surface area contributed by atoms with Gasteiger partial charge in [-0.25, -0.2) is 0 Å². The van der Waals surface area contributed by atoms with Crippen LogP contribution in [0.3, 0.4) is 0 Å². The zero-order valence-electron chi connectivity index (χ0n) is 19.8. The highest BCUT2D eigenvalue weighted by Crippen LogP contribution is 2.79. The van der Waals surface area contributed by atoms with E-state index in [2.05, 4.69) is 13.8 Å². The molecule has 4 saturated carbocycles. The zero-order valence-corrected chi connectivity index (χ0v) is 19.8. The largest absolute Gasteiger partial charge is 0.463 e. The molecular weight excluding hydrogens is 404 g/mol. The van der Waals surface area contributed by atoms with Gasteiger partial charge in [-0.3, -0.25) is 14.4 Å². The summed E-state index contributed by atoms with van der Waals surface area (Å²) in [5.41, 5.74) is 0.778. The fourth-order valence-electron chi connectivity index (χ4n) is 9.47. The molecule has 0 aromatic rings. The summed E-state index contributed by atoms with van der Waals surface area (Å²) < 4.78 is 12.0. The number of allylic oxidation sites excluding steroid dienone is 1.